The molecular formula is C14H9BF2N2O2. The molecule has 7 heteroatoms. The van der Waals surface area contributed by atoms with Crippen molar-refractivity contribution in [3.05, 3.63) is 59.4 Å². The topological polar surface area (TPSA) is 54.6 Å². The lowest BCUT2D eigenvalue weighted by Gasteiger charge is -2.08. The van der Waals surface area contributed by atoms with Crippen molar-refractivity contribution in [2.24, 2.45) is 0 Å². The number of imidazole rings is 1. The SMILES string of the molecule is O=C1C=C/C(=C\c2nc3ccccn3c2O)C(B(F)F)=C1. The molecule has 0 amide bonds. The highest BCUT2D eigenvalue weighted by Gasteiger charge is 2.25. The van der Waals surface area contributed by atoms with Gasteiger partial charge in [-0.2, -0.15) is 0 Å². The molecule has 0 fully saturated rings. The van der Waals surface area contributed by atoms with Crippen LogP contribution < -0.4 is 0 Å². The van der Waals surface area contributed by atoms with Crippen molar-refractivity contribution in [3.63, 3.8) is 0 Å². The number of halogens is 2. The van der Waals surface area contributed by atoms with Crippen LogP contribution in [0.5, 0.6) is 5.88 Å². The molecule has 2 aromatic heterocycles. The highest BCUT2D eigenvalue weighted by molar-refractivity contribution is 6.55. The molecule has 1 aliphatic rings. The fraction of sp³-hybridized carbons (Fsp3) is 0. The summed E-state index contributed by atoms with van der Waals surface area (Å²) in [5.41, 5.74) is 0.448. The van der Waals surface area contributed by atoms with Gasteiger partial charge in [0.2, 0.25) is 5.88 Å². The summed E-state index contributed by atoms with van der Waals surface area (Å²) in [4.78, 5) is 15.4. The molecule has 0 radical (unpaired) electrons. The smallest absolute Gasteiger partial charge is 0.493 e. The van der Waals surface area contributed by atoms with E-state index in [1.165, 1.54) is 22.6 Å². The van der Waals surface area contributed by atoms with E-state index in [2.05, 4.69) is 4.98 Å². The Bertz CT molecular complexity index is 821. The molecule has 0 bridgehead atoms. The van der Waals surface area contributed by atoms with Crippen molar-refractivity contribution in [1.82, 2.24) is 9.38 Å². The van der Waals surface area contributed by atoms with Gasteiger partial charge in [-0.15, -0.1) is 0 Å². The Hall–Kier alpha value is -2.70. The number of aromatic hydroxyl groups is 1. The van der Waals surface area contributed by atoms with E-state index in [1.54, 1.807) is 24.4 Å². The number of hydrogen-bond acceptors (Lipinski definition) is 3. The number of fused-ring (bicyclic) bond motifs is 1. The molecule has 3 rings (SSSR count). The van der Waals surface area contributed by atoms with E-state index in [-0.39, 0.29) is 22.6 Å². The van der Waals surface area contributed by atoms with Crippen LogP contribution in [0.4, 0.5) is 8.63 Å². The van der Waals surface area contributed by atoms with Crippen molar-refractivity contribution in [1.29, 1.82) is 0 Å². The summed E-state index contributed by atoms with van der Waals surface area (Å²) in [7, 11) is -2.77. The number of ketones is 1. The van der Waals surface area contributed by atoms with Crippen LogP contribution in [0.3, 0.4) is 0 Å². The molecule has 0 atom stereocenters. The molecule has 0 saturated carbocycles. The van der Waals surface area contributed by atoms with Crippen molar-refractivity contribution >= 4 is 24.8 Å². The molecular weight excluding hydrogens is 277 g/mol. The van der Waals surface area contributed by atoms with E-state index < -0.39 is 13.1 Å². The summed E-state index contributed by atoms with van der Waals surface area (Å²) in [6.07, 6.45) is 6.34. The first kappa shape index (κ1) is 13.3. The zero-order valence-electron chi connectivity index (χ0n) is 10.7. The van der Waals surface area contributed by atoms with E-state index in [4.69, 9.17) is 0 Å². The van der Waals surface area contributed by atoms with Crippen LogP contribution >= 0.6 is 0 Å². The lowest BCUT2D eigenvalue weighted by molar-refractivity contribution is -0.110. The standard InChI is InChI=1S/C14H9BF2N2O2/c16-15(17)11-8-10(20)5-4-9(11)7-12-14(21)19-6-2-1-3-13(19)18-12/h1-8,21H/b9-7+. The molecule has 2 heterocycles. The van der Waals surface area contributed by atoms with E-state index in [9.17, 15) is 18.5 Å². The van der Waals surface area contributed by atoms with E-state index in [1.807, 2.05) is 0 Å². The average molecular weight is 286 g/mol. The Balaban J connectivity index is 2.11. The molecule has 0 spiro atoms. The van der Waals surface area contributed by atoms with Gasteiger partial charge in [0.05, 0.1) is 0 Å². The molecule has 1 N–H and O–H groups in total. The van der Waals surface area contributed by atoms with Crippen molar-refractivity contribution < 1.29 is 18.5 Å². The lowest BCUT2D eigenvalue weighted by atomic mass is 9.76. The first-order valence-electron chi connectivity index (χ1n) is 6.16. The molecule has 0 saturated heterocycles. The van der Waals surface area contributed by atoms with Gasteiger partial charge < -0.3 is 5.11 Å². The van der Waals surface area contributed by atoms with Crippen LogP contribution in [0.25, 0.3) is 11.7 Å². The minimum Gasteiger partial charge on any atom is -0.493 e. The molecule has 1 aliphatic carbocycles. The zero-order valence-corrected chi connectivity index (χ0v) is 10.7. The van der Waals surface area contributed by atoms with Gasteiger partial charge in [0.15, 0.2) is 5.78 Å². The third kappa shape index (κ3) is 2.38. The molecule has 0 aromatic carbocycles. The summed E-state index contributed by atoms with van der Waals surface area (Å²) in [5, 5.41) is 10.1. The molecule has 0 unspecified atom stereocenters. The highest BCUT2D eigenvalue weighted by Crippen LogP contribution is 2.27. The van der Waals surface area contributed by atoms with Crippen molar-refractivity contribution in [2.75, 3.05) is 0 Å². The maximum absolute atomic E-state index is 13.0. The normalized spacial score (nSPS) is 16.6. The van der Waals surface area contributed by atoms with Gasteiger partial charge >= 0.3 is 7.27 Å². The van der Waals surface area contributed by atoms with Crippen LogP contribution in [0.1, 0.15) is 5.69 Å². The average Bonchev–Trinajstić information content (AvgIpc) is 2.78. The quantitative estimate of drug-likeness (QED) is 0.863. The van der Waals surface area contributed by atoms with Crippen LogP contribution in [0.2, 0.25) is 0 Å². The largest absolute Gasteiger partial charge is 0.572 e. The van der Waals surface area contributed by atoms with Gasteiger partial charge in [-0.3, -0.25) is 17.8 Å². The number of aromatic nitrogens is 2. The van der Waals surface area contributed by atoms with Crippen LogP contribution in [-0.4, -0.2) is 27.5 Å². The second kappa shape index (κ2) is 5.01. The van der Waals surface area contributed by atoms with E-state index in [0.29, 0.717) is 5.65 Å². The lowest BCUT2D eigenvalue weighted by Crippen LogP contribution is -2.10. The summed E-state index contributed by atoms with van der Waals surface area (Å²) in [6, 6.07) is 5.16. The fourth-order valence-corrected chi connectivity index (χ4v) is 2.12. The van der Waals surface area contributed by atoms with Crippen molar-refractivity contribution in [3.8, 4) is 5.88 Å². The summed E-state index contributed by atoms with van der Waals surface area (Å²) < 4.78 is 27.4. The molecule has 0 aliphatic heterocycles. The highest BCUT2D eigenvalue weighted by atomic mass is 19.2. The summed E-state index contributed by atoms with van der Waals surface area (Å²) >= 11 is 0. The molecule has 21 heavy (non-hydrogen) atoms. The minimum atomic E-state index is -2.77. The number of carbonyl (C=O) groups is 1. The number of allylic oxidation sites excluding steroid dienone is 5. The van der Waals surface area contributed by atoms with Crippen LogP contribution in [0.15, 0.2) is 53.7 Å². The summed E-state index contributed by atoms with van der Waals surface area (Å²) in [6.45, 7) is 0. The Labute approximate surface area is 118 Å². The van der Waals surface area contributed by atoms with Gasteiger partial charge in [-0.1, -0.05) is 12.1 Å². The second-order valence-electron chi connectivity index (χ2n) is 4.49. The molecule has 4 nitrogen and oxygen atoms in total. The number of carbonyl (C=O) groups excluding carboxylic acids is 1. The van der Waals surface area contributed by atoms with E-state index in [0.717, 1.165) is 6.08 Å². The van der Waals surface area contributed by atoms with Crippen molar-refractivity contribution in [2.45, 2.75) is 0 Å². The van der Waals surface area contributed by atoms with Gasteiger partial charge in [0, 0.05) is 11.7 Å². The predicted octanol–water partition coefficient (Wildman–Crippen LogP) is 2.46. The Morgan fingerprint density at radius 3 is 2.81 bits per heavy atom. The zero-order chi connectivity index (χ0) is 15.0. The maximum atomic E-state index is 13.0. The van der Waals surface area contributed by atoms with Gasteiger partial charge in [0.25, 0.3) is 0 Å². The summed E-state index contributed by atoms with van der Waals surface area (Å²) in [5.74, 6) is -0.626. The van der Waals surface area contributed by atoms with Gasteiger partial charge in [-0.25, -0.2) is 4.98 Å². The van der Waals surface area contributed by atoms with Gasteiger partial charge in [0.1, 0.15) is 11.3 Å². The molecule has 2 aromatic rings. The third-order valence-corrected chi connectivity index (χ3v) is 3.12. The van der Waals surface area contributed by atoms with Crippen LogP contribution in [-0.2, 0) is 4.79 Å². The number of pyridine rings is 1. The fourth-order valence-electron chi connectivity index (χ4n) is 2.12. The van der Waals surface area contributed by atoms with Crippen LogP contribution in [0, 0.1) is 0 Å². The first-order valence-corrected chi connectivity index (χ1v) is 6.16. The van der Waals surface area contributed by atoms with Gasteiger partial charge in [-0.05, 0) is 35.9 Å². The number of nitrogens with zero attached hydrogens (tertiary/aromatic N) is 2. The Morgan fingerprint density at radius 1 is 1.29 bits per heavy atom. The first-order chi connectivity index (χ1) is 10.1. The Kier molecular flexibility index (Phi) is 3.17. The number of hydrogen-bond donors (Lipinski definition) is 1. The second-order valence-corrected chi connectivity index (χ2v) is 4.49. The minimum absolute atomic E-state index is 0.142. The number of rotatable bonds is 2. The maximum Gasteiger partial charge on any atom is 0.572 e. The Morgan fingerprint density at radius 2 is 2.10 bits per heavy atom. The monoisotopic (exact) mass is 286 g/mol. The predicted molar refractivity (Wildman–Crippen MR) is 75.0 cm³/mol. The molecule has 104 valence electrons. The van der Waals surface area contributed by atoms with E-state index >= 15 is 0 Å². The third-order valence-electron chi connectivity index (χ3n) is 3.12.